The quantitative estimate of drug-likeness (QED) is 0.0420. The number of primary amides is 2. The van der Waals surface area contributed by atoms with E-state index in [1.807, 2.05) is 0 Å². The smallest absolute Gasteiger partial charge is 0.326 e. The molecule has 22 heteroatoms. The highest BCUT2D eigenvalue weighted by Crippen LogP contribution is 2.11. The van der Waals surface area contributed by atoms with Gasteiger partial charge in [0.05, 0.1) is 26.0 Å². The Labute approximate surface area is 341 Å². The summed E-state index contributed by atoms with van der Waals surface area (Å²) >= 11 is 0. The predicted molar refractivity (Wildman–Crippen MR) is 210 cm³/mol. The van der Waals surface area contributed by atoms with E-state index in [-0.39, 0.29) is 18.8 Å². The molecule has 0 aromatic heterocycles. The molecule has 0 aliphatic carbocycles. The monoisotopic (exact) mass is 834 g/mol. The normalized spacial score (nSPS) is 15.0. The van der Waals surface area contributed by atoms with Crippen molar-refractivity contribution in [1.29, 1.82) is 0 Å². The van der Waals surface area contributed by atoms with Gasteiger partial charge in [-0.3, -0.25) is 43.2 Å². The van der Waals surface area contributed by atoms with Gasteiger partial charge in [0.15, 0.2) is 0 Å². The van der Waals surface area contributed by atoms with E-state index in [1.54, 1.807) is 58.0 Å². The lowest BCUT2D eigenvalue weighted by Crippen LogP contribution is -2.59. The van der Waals surface area contributed by atoms with Gasteiger partial charge in [0, 0.05) is 6.42 Å². The first-order valence-corrected chi connectivity index (χ1v) is 18.9. The molecule has 0 unspecified atom stereocenters. The highest BCUT2D eigenvalue weighted by Gasteiger charge is 2.34. The van der Waals surface area contributed by atoms with Gasteiger partial charge in [-0.05, 0) is 30.7 Å². The summed E-state index contributed by atoms with van der Waals surface area (Å²) in [6.45, 7) is 6.87. The molecule has 1 aromatic carbocycles. The number of hydrogen-bond acceptors (Lipinski definition) is 12. The average molecular weight is 835 g/mol. The van der Waals surface area contributed by atoms with E-state index < -0.39 is 133 Å². The van der Waals surface area contributed by atoms with Crippen LogP contribution in [-0.2, 0) is 54.4 Å². The van der Waals surface area contributed by atoms with Crippen LogP contribution in [0.2, 0.25) is 0 Å². The second kappa shape index (κ2) is 25.3. The molecular formula is C37H58N10O12. The van der Waals surface area contributed by atoms with E-state index in [1.165, 1.54) is 6.92 Å². The number of aliphatic hydroxyl groups excluding tert-OH is 1. The van der Waals surface area contributed by atoms with Crippen molar-refractivity contribution in [2.75, 3.05) is 13.2 Å². The Morgan fingerprint density at radius 3 is 1.63 bits per heavy atom. The molecule has 8 atom stereocenters. The number of benzene rings is 1. The van der Waals surface area contributed by atoms with Crippen molar-refractivity contribution in [1.82, 2.24) is 37.2 Å². The van der Waals surface area contributed by atoms with Crippen molar-refractivity contribution in [2.45, 2.75) is 109 Å². The molecular weight excluding hydrogens is 776 g/mol. The minimum atomic E-state index is -1.75. The summed E-state index contributed by atoms with van der Waals surface area (Å²) in [7, 11) is 0. The van der Waals surface area contributed by atoms with E-state index in [0.29, 0.717) is 12.0 Å². The highest BCUT2D eigenvalue weighted by atomic mass is 16.4. The number of aliphatic hydroxyl groups is 1. The summed E-state index contributed by atoms with van der Waals surface area (Å²) in [5.41, 5.74) is 16.5. The molecule has 0 fully saturated rings. The molecule has 0 aliphatic heterocycles. The summed E-state index contributed by atoms with van der Waals surface area (Å²) in [6.07, 6.45) is -1.12. The van der Waals surface area contributed by atoms with Gasteiger partial charge in [0.25, 0.3) is 0 Å². The Hall–Kier alpha value is -6.16. The van der Waals surface area contributed by atoms with E-state index in [9.17, 15) is 53.1 Å². The van der Waals surface area contributed by atoms with Crippen LogP contribution in [0, 0.1) is 11.8 Å². The van der Waals surface area contributed by atoms with Crippen LogP contribution in [0.4, 0.5) is 0 Å². The van der Waals surface area contributed by atoms with Crippen molar-refractivity contribution in [3.8, 4) is 0 Å². The number of hydrogen-bond donors (Lipinski definition) is 12. The molecule has 1 aromatic rings. The molecule has 9 amide bonds. The van der Waals surface area contributed by atoms with Crippen LogP contribution in [0.15, 0.2) is 30.3 Å². The molecule has 15 N–H and O–H groups in total. The number of nitrogens with one attached hydrogen (secondary N) is 7. The van der Waals surface area contributed by atoms with E-state index in [2.05, 4.69) is 37.2 Å². The van der Waals surface area contributed by atoms with Crippen molar-refractivity contribution in [3.05, 3.63) is 35.9 Å². The predicted octanol–water partition coefficient (Wildman–Crippen LogP) is -4.48. The van der Waals surface area contributed by atoms with Gasteiger partial charge in [-0.25, -0.2) is 4.79 Å². The Kier molecular flexibility index (Phi) is 21.8. The molecule has 0 saturated carbocycles. The maximum absolute atomic E-state index is 13.5. The molecule has 0 aliphatic rings. The third-order valence-electron chi connectivity index (χ3n) is 8.83. The number of carboxylic acids is 1. The van der Waals surface area contributed by atoms with Crippen LogP contribution >= 0.6 is 0 Å². The molecule has 0 heterocycles. The fourth-order valence-corrected chi connectivity index (χ4v) is 5.37. The van der Waals surface area contributed by atoms with Crippen molar-refractivity contribution >= 4 is 59.1 Å². The lowest BCUT2D eigenvalue weighted by Gasteiger charge is -2.27. The number of aliphatic carboxylic acids is 1. The number of nitrogens with two attached hydrogens (primary N) is 3. The topological polar surface area (TPSA) is 373 Å². The number of amides is 9. The summed E-state index contributed by atoms with van der Waals surface area (Å²) in [5, 5.41) is 35.2. The van der Waals surface area contributed by atoms with Crippen LogP contribution in [0.5, 0.6) is 0 Å². The Balaban J connectivity index is 3.13. The van der Waals surface area contributed by atoms with E-state index in [0.717, 1.165) is 0 Å². The van der Waals surface area contributed by atoms with Gasteiger partial charge in [0.2, 0.25) is 53.2 Å². The standard InChI is InChI=1S/C37H58N10O12/c1-6-19(4)30(36(57)46-26(37(58)59)12-18(2)3)47-31(52)20(5)42-29(51)16-41-33(54)23(13-21-10-8-7-9-11-21)44-35(56)25(15-28(40)50)45-34(55)24(14-27(39)49)43-32(53)22(38)17-48/h7-11,18-20,22-26,30,48H,6,12-17,38H2,1-5H3,(H2,39,49)(H2,40,50)(H,41,54)(H,42,51)(H,43,53)(H,44,56)(H,45,55)(H,46,57)(H,47,52)(H,58,59)/t19-,20-,22-,23-,24-,25-,26-,30-/m0/s1. The van der Waals surface area contributed by atoms with Gasteiger partial charge in [-0.1, -0.05) is 64.4 Å². The molecule has 59 heavy (non-hydrogen) atoms. The molecule has 0 spiro atoms. The number of carbonyl (C=O) groups excluding carboxylic acids is 9. The average Bonchev–Trinajstić information content (AvgIpc) is 3.16. The molecule has 1 rings (SSSR count). The zero-order valence-electron chi connectivity index (χ0n) is 33.7. The van der Waals surface area contributed by atoms with Crippen LogP contribution < -0.4 is 54.4 Å². The first-order chi connectivity index (χ1) is 27.6. The van der Waals surface area contributed by atoms with Gasteiger partial charge < -0.3 is 64.6 Å². The second-order valence-electron chi connectivity index (χ2n) is 14.4. The highest BCUT2D eigenvalue weighted by molar-refractivity contribution is 5.99. The summed E-state index contributed by atoms with van der Waals surface area (Å²) in [6, 6.07) is -1.63. The maximum Gasteiger partial charge on any atom is 0.326 e. The minimum Gasteiger partial charge on any atom is -0.480 e. The van der Waals surface area contributed by atoms with Crippen LogP contribution in [0.3, 0.4) is 0 Å². The Bertz CT molecular complexity index is 1660. The van der Waals surface area contributed by atoms with E-state index >= 15 is 0 Å². The first kappa shape index (κ1) is 50.9. The zero-order valence-corrected chi connectivity index (χ0v) is 33.7. The van der Waals surface area contributed by atoms with Gasteiger partial charge in [-0.2, -0.15) is 0 Å². The third kappa shape index (κ3) is 18.8. The largest absolute Gasteiger partial charge is 0.480 e. The lowest BCUT2D eigenvalue weighted by molar-refractivity contribution is -0.143. The molecule has 0 saturated heterocycles. The van der Waals surface area contributed by atoms with Crippen molar-refractivity contribution in [3.63, 3.8) is 0 Å². The van der Waals surface area contributed by atoms with Crippen LogP contribution in [-0.4, -0.2) is 125 Å². The van der Waals surface area contributed by atoms with Crippen molar-refractivity contribution in [2.24, 2.45) is 29.0 Å². The maximum atomic E-state index is 13.5. The molecule has 0 bridgehead atoms. The Morgan fingerprint density at radius 1 is 0.644 bits per heavy atom. The fraction of sp³-hybridized carbons (Fsp3) is 0.568. The summed E-state index contributed by atoms with van der Waals surface area (Å²) < 4.78 is 0. The fourth-order valence-electron chi connectivity index (χ4n) is 5.37. The summed E-state index contributed by atoms with van der Waals surface area (Å²) in [4.78, 5) is 127. The Morgan fingerprint density at radius 2 is 1.15 bits per heavy atom. The van der Waals surface area contributed by atoms with E-state index in [4.69, 9.17) is 22.3 Å². The van der Waals surface area contributed by atoms with Crippen LogP contribution in [0.1, 0.15) is 65.9 Å². The number of carboxylic acid groups (broad SMARTS) is 1. The van der Waals surface area contributed by atoms with Gasteiger partial charge >= 0.3 is 5.97 Å². The third-order valence-corrected chi connectivity index (χ3v) is 8.83. The number of rotatable bonds is 26. The van der Waals surface area contributed by atoms with Crippen molar-refractivity contribution < 1.29 is 58.2 Å². The number of carbonyl (C=O) groups is 10. The lowest BCUT2D eigenvalue weighted by atomic mass is 9.96. The van der Waals surface area contributed by atoms with Gasteiger partial charge in [0.1, 0.15) is 42.3 Å². The molecule has 0 radical (unpaired) electrons. The summed E-state index contributed by atoms with van der Waals surface area (Å²) in [5.74, 6) is -10.3. The van der Waals surface area contributed by atoms with Gasteiger partial charge in [-0.15, -0.1) is 0 Å². The first-order valence-electron chi connectivity index (χ1n) is 18.9. The second-order valence-corrected chi connectivity index (χ2v) is 14.4. The zero-order chi connectivity index (χ0) is 45.0. The molecule has 22 nitrogen and oxygen atoms in total. The molecule has 328 valence electrons. The minimum absolute atomic E-state index is 0.0464. The SMILES string of the molecule is CC[C@H](C)[C@H](NC(=O)[C@H](C)NC(=O)CNC(=O)[C@H](Cc1ccccc1)NC(=O)[C@H](CC(N)=O)NC(=O)[C@H](CC(N)=O)NC(=O)[C@@H](N)CO)C(=O)N[C@@H](CC(C)C)C(=O)O. The van der Waals surface area contributed by atoms with Crippen LogP contribution in [0.25, 0.3) is 0 Å².